The maximum atomic E-state index is 5.88. The fourth-order valence-electron chi connectivity index (χ4n) is 3.64. The third kappa shape index (κ3) is 5.02. The number of ether oxygens (including phenoxy) is 3. The van der Waals surface area contributed by atoms with E-state index in [-0.39, 0.29) is 0 Å². The Morgan fingerprint density at radius 3 is 2.45 bits per heavy atom. The lowest BCUT2D eigenvalue weighted by Gasteiger charge is -2.39. The highest BCUT2D eigenvalue weighted by atomic mass is 127. The minimum absolute atomic E-state index is 0.390. The van der Waals surface area contributed by atoms with Crippen LogP contribution in [0.5, 0.6) is 5.75 Å². The topological polar surface area (TPSA) is 55.3 Å². The largest absolute Gasteiger partial charge is 0.497 e. The Labute approximate surface area is 185 Å². The summed E-state index contributed by atoms with van der Waals surface area (Å²) in [5.41, 5.74) is 2.21. The van der Waals surface area contributed by atoms with E-state index in [1.54, 1.807) is 7.11 Å². The first-order valence-corrected chi connectivity index (χ1v) is 11.0. The first kappa shape index (κ1) is 20.4. The number of aliphatic imine (C=N–C) groups is 1. The second-order valence-electron chi connectivity index (χ2n) is 7.19. The van der Waals surface area contributed by atoms with Gasteiger partial charge in [-0.1, -0.05) is 24.3 Å². The van der Waals surface area contributed by atoms with Crippen molar-refractivity contribution < 1.29 is 14.2 Å². The summed E-state index contributed by atoms with van der Waals surface area (Å²) in [5, 5.41) is 3.55. The molecule has 4 rings (SSSR count). The molecule has 1 spiro atoms. The summed E-state index contributed by atoms with van der Waals surface area (Å²) in [5.74, 6) is 1.35. The number of benzene rings is 2. The molecule has 29 heavy (non-hydrogen) atoms. The van der Waals surface area contributed by atoms with Crippen LogP contribution in [0.2, 0.25) is 0 Å². The summed E-state index contributed by atoms with van der Waals surface area (Å²) in [7, 11) is 1.68. The van der Waals surface area contributed by atoms with Crippen molar-refractivity contribution in [1.82, 2.24) is 4.90 Å². The molecule has 2 aliphatic heterocycles. The van der Waals surface area contributed by atoms with Crippen molar-refractivity contribution in [3.8, 4) is 5.75 Å². The SMILES string of the molecule is COc1ccc(CN=C(Nc2ccccc2I)N2CCC3(CC2)OCCO3)cc1. The fourth-order valence-corrected chi connectivity index (χ4v) is 4.17. The van der Waals surface area contributed by atoms with E-state index >= 15 is 0 Å². The molecule has 0 saturated carbocycles. The van der Waals surface area contributed by atoms with Crippen molar-refractivity contribution in [2.75, 3.05) is 38.7 Å². The van der Waals surface area contributed by atoms with Gasteiger partial charge in [0.1, 0.15) is 5.75 Å². The molecule has 2 aromatic rings. The standard InChI is InChI=1S/C22H26IN3O3/c1-27-18-8-6-17(7-9-18)16-24-21(25-20-5-3-2-4-19(20)23)26-12-10-22(11-13-26)28-14-15-29-22/h2-9H,10-16H2,1H3,(H,24,25). The molecule has 0 radical (unpaired) electrons. The average molecular weight is 507 g/mol. The Morgan fingerprint density at radius 2 is 1.79 bits per heavy atom. The molecule has 2 aromatic carbocycles. The van der Waals surface area contributed by atoms with Crippen LogP contribution in [0.25, 0.3) is 0 Å². The maximum absolute atomic E-state index is 5.88. The lowest BCUT2D eigenvalue weighted by Crippen LogP contribution is -2.49. The first-order valence-electron chi connectivity index (χ1n) is 9.89. The number of hydrogen-bond donors (Lipinski definition) is 1. The van der Waals surface area contributed by atoms with Gasteiger partial charge in [0.15, 0.2) is 11.7 Å². The third-order valence-electron chi connectivity index (χ3n) is 5.33. The van der Waals surface area contributed by atoms with E-state index in [1.807, 2.05) is 24.3 Å². The highest BCUT2D eigenvalue weighted by Crippen LogP contribution is 2.31. The summed E-state index contributed by atoms with van der Waals surface area (Å²) in [4.78, 5) is 7.22. The highest BCUT2D eigenvalue weighted by molar-refractivity contribution is 14.1. The zero-order valence-electron chi connectivity index (χ0n) is 16.6. The molecule has 2 heterocycles. The number of methoxy groups -OCH3 is 1. The highest BCUT2D eigenvalue weighted by Gasteiger charge is 2.40. The first-order chi connectivity index (χ1) is 14.2. The van der Waals surface area contributed by atoms with Gasteiger partial charge in [0, 0.05) is 29.5 Å². The molecule has 0 aliphatic carbocycles. The molecule has 7 heteroatoms. The van der Waals surface area contributed by atoms with E-state index in [9.17, 15) is 0 Å². The van der Waals surface area contributed by atoms with Crippen LogP contribution in [-0.4, -0.2) is 50.1 Å². The number of anilines is 1. The number of guanidine groups is 1. The van der Waals surface area contributed by atoms with Gasteiger partial charge in [0.2, 0.25) is 0 Å². The number of hydrogen-bond acceptors (Lipinski definition) is 4. The van der Waals surface area contributed by atoms with Gasteiger partial charge in [-0.15, -0.1) is 0 Å². The molecule has 0 atom stereocenters. The Morgan fingerprint density at radius 1 is 1.10 bits per heavy atom. The number of piperidine rings is 1. The summed E-state index contributed by atoms with van der Waals surface area (Å²) < 4.78 is 18.2. The van der Waals surface area contributed by atoms with Gasteiger partial charge >= 0.3 is 0 Å². The molecule has 0 bridgehead atoms. The molecule has 0 unspecified atom stereocenters. The van der Waals surface area contributed by atoms with Crippen molar-refractivity contribution >= 4 is 34.2 Å². The van der Waals surface area contributed by atoms with Crippen LogP contribution in [-0.2, 0) is 16.0 Å². The van der Waals surface area contributed by atoms with Gasteiger partial charge in [0.25, 0.3) is 0 Å². The monoisotopic (exact) mass is 507 g/mol. The molecule has 2 saturated heterocycles. The minimum Gasteiger partial charge on any atom is -0.497 e. The van der Waals surface area contributed by atoms with Gasteiger partial charge in [0.05, 0.1) is 32.6 Å². The molecule has 1 N–H and O–H groups in total. The number of halogens is 1. The molecular formula is C22H26IN3O3. The maximum Gasteiger partial charge on any atom is 0.198 e. The quantitative estimate of drug-likeness (QED) is 0.384. The van der Waals surface area contributed by atoms with Crippen molar-refractivity contribution in [2.45, 2.75) is 25.2 Å². The van der Waals surface area contributed by atoms with Crippen molar-refractivity contribution in [3.63, 3.8) is 0 Å². The van der Waals surface area contributed by atoms with Gasteiger partial charge in [-0.3, -0.25) is 0 Å². The van der Waals surface area contributed by atoms with Crippen molar-refractivity contribution in [2.24, 2.45) is 4.99 Å². The normalized spacial score (nSPS) is 18.8. The van der Waals surface area contributed by atoms with Crippen LogP contribution in [0.4, 0.5) is 5.69 Å². The number of likely N-dealkylation sites (tertiary alicyclic amines) is 1. The zero-order valence-corrected chi connectivity index (χ0v) is 18.7. The Balaban J connectivity index is 1.51. The lowest BCUT2D eigenvalue weighted by molar-refractivity contribution is -0.180. The van der Waals surface area contributed by atoms with Gasteiger partial charge in [-0.2, -0.15) is 0 Å². The molecule has 154 valence electrons. The predicted octanol–water partition coefficient (Wildman–Crippen LogP) is 4.11. The van der Waals surface area contributed by atoms with Gasteiger partial charge in [-0.25, -0.2) is 4.99 Å². The molecule has 0 amide bonds. The van der Waals surface area contributed by atoms with Crippen LogP contribution in [0.3, 0.4) is 0 Å². The number of para-hydroxylation sites is 1. The van der Waals surface area contributed by atoms with Crippen LogP contribution < -0.4 is 10.1 Å². The van der Waals surface area contributed by atoms with Gasteiger partial charge < -0.3 is 24.4 Å². The van der Waals surface area contributed by atoms with Crippen LogP contribution >= 0.6 is 22.6 Å². The Kier molecular flexibility index (Phi) is 6.56. The van der Waals surface area contributed by atoms with Crippen molar-refractivity contribution in [1.29, 1.82) is 0 Å². The van der Waals surface area contributed by atoms with E-state index in [2.05, 4.69) is 57.1 Å². The fraction of sp³-hybridized carbons (Fsp3) is 0.409. The minimum atomic E-state index is -0.390. The van der Waals surface area contributed by atoms with E-state index < -0.39 is 5.79 Å². The zero-order chi connectivity index (χ0) is 20.1. The smallest absolute Gasteiger partial charge is 0.198 e. The molecular weight excluding hydrogens is 481 g/mol. The van der Waals surface area contributed by atoms with Gasteiger partial charge in [-0.05, 0) is 52.4 Å². The van der Waals surface area contributed by atoms with Crippen LogP contribution in [0.1, 0.15) is 18.4 Å². The number of nitrogens with zero attached hydrogens (tertiary/aromatic N) is 2. The molecule has 6 nitrogen and oxygen atoms in total. The van der Waals surface area contributed by atoms with E-state index in [4.69, 9.17) is 19.2 Å². The Hall–Kier alpha value is -1.84. The molecule has 0 aromatic heterocycles. The summed E-state index contributed by atoms with van der Waals surface area (Å²) >= 11 is 2.35. The molecule has 2 aliphatic rings. The summed E-state index contributed by atoms with van der Waals surface area (Å²) in [6, 6.07) is 16.3. The second kappa shape index (κ2) is 9.32. The summed E-state index contributed by atoms with van der Waals surface area (Å²) in [6.45, 7) is 3.68. The second-order valence-corrected chi connectivity index (χ2v) is 8.35. The number of rotatable bonds is 4. The van der Waals surface area contributed by atoms with Crippen molar-refractivity contribution in [3.05, 3.63) is 57.7 Å². The van der Waals surface area contributed by atoms with Crippen LogP contribution in [0, 0.1) is 3.57 Å². The van der Waals surface area contributed by atoms with Crippen LogP contribution in [0.15, 0.2) is 53.5 Å². The average Bonchev–Trinajstić information content (AvgIpc) is 3.21. The van der Waals surface area contributed by atoms with E-state index in [1.165, 1.54) is 0 Å². The summed E-state index contributed by atoms with van der Waals surface area (Å²) in [6.07, 6.45) is 1.70. The Bertz CT molecular complexity index is 841. The lowest BCUT2D eigenvalue weighted by atomic mass is 10.0. The predicted molar refractivity (Wildman–Crippen MR) is 122 cm³/mol. The van der Waals surface area contributed by atoms with E-state index in [0.717, 1.165) is 52.5 Å². The molecule has 2 fully saturated rings. The van der Waals surface area contributed by atoms with E-state index in [0.29, 0.717) is 19.8 Å². The third-order valence-corrected chi connectivity index (χ3v) is 6.27. The number of nitrogens with one attached hydrogen (secondary N) is 1.